The number of hydrogen-bond acceptors (Lipinski definition) is 6. The molecule has 0 radical (unpaired) electrons. The second-order valence-corrected chi connectivity index (χ2v) is 9.15. The number of carbonyl (C=O) groups is 1. The van der Waals surface area contributed by atoms with E-state index in [0.29, 0.717) is 47.4 Å². The van der Waals surface area contributed by atoms with Gasteiger partial charge in [0.05, 0.1) is 15.7 Å². The summed E-state index contributed by atoms with van der Waals surface area (Å²) in [6, 6.07) is 10.9. The second-order valence-electron chi connectivity index (χ2n) is 8.34. The molecule has 5 rings (SSSR count). The second kappa shape index (κ2) is 9.56. The van der Waals surface area contributed by atoms with E-state index in [1.54, 1.807) is 30.3 Å². The van der Waals surface area contributed by atoms with Crippen LogP contribution < -0.4 is 20.3 Å². The largest absolute Gasteiger partial charge is 0.455 e. The normalized spacial score (nSPS) is 16.6. The standard InChI is InChI=1S/C24H21Cl2F2N5O2/c25-18-2-1-3-19(26)20(18)33-13-35-21-17(22(33)34)12-30-23(32-21)31-16-6-4-14(5-7-16)24(27,28)15-8-10-29-11-9-15/h1-7,12,15,29H,8-11,13H2,(H,30,31,32). The third-order valence-corrected chi connectivity index (χ3v) is 6.75. The molecule has 2 N–H and O–H groups in total. The van der Waals surface area contributed by atoms with Gasteiger partial charge in [0, 0.05) is 23.4 Å². The Labute approximate surface area is 210 Å². The number of benzene rings is 2. The average Bonchev–Trinajstić information content (AvgIpc) is 2.86. The van der Waals surface area contributed by atoms with Gasteiger partial charge in [-0.15, -0.1) is 0 Å². The molecule has 182 valence electrons. The zero-order chi connectivity index (χ0) is 24.6. The quantitative estimate of drug-likeness (QED) is 0.455. The molecule has 3 heterocycles. The minimum atomic E-state index is -2.90. The first-order valence-electron chi connectivity index (χ1n) is 11.1. The Morgan fingerprint density at radius 1 is 1.09 bits per heavy atom. The van der Waals surface area contributed by atoms with Gasteiger partial charge in [0.15, 0.2) is 6.73 Å². The molecule has 0 saturated carbocycles. The van der Waals surface area contributed by atoms with E-state index >= 15 is 0 Å². The van der Waals surface area contributed by atoms with Crippen LogP contribution in [0.5, 0.6) is 5.88 Å². The van der Waals surface area contributed by atoms with Gasteiger partial charge in [0.25, 0.3) is 11.8 Å². The van der Waals surface area contributed by atoms with Crippen molar-refractivity contribution in [3.05, 3.63) is 69.8 Å². The van der Waals surface area contributed by atoms with Crippen molar-refractivity contribution in [1.82, 2.24) is 15.3 Å². The summed E-state index contributed by atoms with van der Waals surface area (Å²) < 4.78 is 35.4. The molecule has 3 aromatic rings. The predicted octanol–water partition coefficient (Wildman–Crippen LogP) is 5.62. The number of alkyl halides is 2. The highest BCUT2D eigenvalue weighted by Crippen LogP contribution is 2.41. The number of hydrogen-bond donors (Lipinski definition) is 2. The van der Waals surface area contributed by atoms with Crippen molar-refractivity contribution < 1.29 is 18.3 Å². The molecule has 0 atom stereocenters. The van der Waals surface area contributed by atoms with Crippen LogP contribution in [-0.2, 0) is 5.92 Å². The van der Waals surface area contributed by atoms with Gasteiger partial charge in [-0.25, -0.2) is 13.8 Å². The highest BCUT2D eigenvalue weighted by Gasteiger charge is 2.41. The maximum Gasteiger partial charge on any atom is 0.276 e. The molecule has 0 aliphatic carbocycles. The molecule has 1 amide bonds. The fourth-order valence-electron chi connectivity index (χ4n) is 4.25. The van der Waals surface area contributed by atoms with Gasteiger partial charge in [-0.05, 0) is 50.2 Å². The zero-order valence-corrected chi connectivity index (χ0v) is 19.9. The summed E-state index contributed by atoms with van der Waals surface area (Å²) in [6.45, 7) is 1.07. The Kier molecular flexibility index (Phi) is 6.48. The van der Waals surface area contributed by atoms with Crippen molar-refractivity contribution in [1.29, 1.82) is 0 Å². The summed E-state index contributed by atoms with van der Waals surface area (Å²) in [5, 5.41) is 6.70. The van der Waals surface area contributed by atoms with E-state index in [9.17, 15) is 13.6 Å². The summed E-state index contributed by atoms with van der Waals surface area (Å²) >= 11 is 12.5. The van der Waals surface area contributed by atoms with E-state index in [0.717, 1.165) is 0 Å². The molecule has 0 spiro atoms. The van der Waals surface area contributed by atoms with Gasteiger partial charge in [-0.1, -0.05) is 41.4 Å². The van der Waals surface area contributed by atoms with Crippen molar-refractivity contribution >= 4 is 46.4 Å². The molecule has 1 saturated heterocycles. The molecule has 0 unspecified atom stereocenters. The predicted molar refractivity (Wildman–Crippen MR) is 130 cm³/mol. The summed E-state index contributed by atoms with van der Waals surface area (Å²) in [5.74, 6) is -3.72. The Balaban J connectivity index is 1.31. The third kappa shape index (κ3) is 4.63. The van der Waals surface area contributed by atoms with Crippen molar-refractivity contribution in [2.45, 2.75) is 18.8 Å². The number of amides is 1. The van der Waals surface area contributed by atoms with Gasteiger partial charge in [0.2, 0.25) is 11.8 Å². The van der Waals surface area contributed by atoms with Crippen LogP contribution in [0.1, 0.15) is 28.8 Å². The van der Waals surface area contributed by atoms with E-state index < -0.39 is 17.7 Å². The maximum absolute atomic E-state index is 14.9. The smallest absolute Gasteiger partial charge is 0.276 e. The average molecular weight is 520 g/mol. The number of fused-ring (bicyclic) bond motifs is 1. The van der Waals surface area contributed by atoms with Gasteiger partial charge < -0.3 is 15.4 Å². The maximum atomic E-state index is 14.9. The SMILES string of the molecule is O=C1c2cnc(Nc3ccc(C(F)(F)C4CCNCC4)cc3)nc2OCN1c1c(Cl)cccc1Cl. The minimum absolute atomic E-state index is 0.0198. The molecule has 0 bridgehead atoms. The van der Waals surface area contributed by atoms with Gasteiger partial charge in [-0.2, -0.15) is 4.98 Å². The van der Waals surface area contributed by atoms with E-state index in [4.69, 9.17) is 27.9 Å². The lowest BCUT2D eigenvalue weighted by Crippen LogP contribution is -2.39. The minimum Gasteiger partial charge on any atom is -0.455 e. The molecule has 2 aromatic carbocycles. The fraction of sp³-hybridized carbons (Fsp3) is 0.292. The molecule has 2 aliphatic heterocycles. The number of aromatic nitrogens is 2. The van der Waals surface area contributed by atoms with Gasteiger partial charge in [-0.3, -0.25) is 9.69 Å². The van der Waals surface area contributed by atoms with E-state index in [1.807, 2.05) is 0 Å². The van der Waals surface area contributed by atoms with Crippen LogP contribution >= 0.6 is 23.2 Å². The van der Waals surface area contributed by atoms with Crippen molar-refractivity contribution in [2.24, 2.45) is 5.92 Å². The third-order valence-electron chi connectivity index (χ3n) is 6.14. The Hall–Kier alpha value is -3.01. The molecule has 2 aliphatic rings. The fourth-order valence-corrected chi connectivity index (χ4v) is 4.85. The summed E-state index contributed by atoms with van der Waals surface area (Å²) in [6.07, 6.45) is 2.22. The van der Waals surface area contributed by atoms with Crippen LogP contribution in [0, 0.1) is 5.92 Å². The topological polar surface area (TPSA) is 79.4 Å². The highest BCUT2D eigenvalue weighted by atomic mass is 35.5. The number of ether oxygens (including phenoxy) is 1. The number of anilines is 3. The van der Waals surface area contributed by atoms with Crippen molar-refractivity contribution in [3.8, 4) is 5.88 Å². The Bertz CT molecular complexity index is 1230. The lowest BCUT2D eigenvalue weighted by atomic mass is 9.87. The zero-order valence-electron chi connectivity index (χ0n) is 18.4. The molecule has 11 heteroatoms. The van der Waals surface area contributed by atoms with E-state index in [-0.39, 0.29) is 29.7 Å². The van der Waals surface area contributed by atoms with Crippen LogP contribution in [0.15, 0.2) is 48.7 Å². The first-order valence-corrected chi connectivity index (χ1v) is 11.8. The molecular weight excluding hydrogens is 499 g/mol. The van der Waals surface area contributed by atoms with Crippen LogP contribution in [0.25, 0.3) is 0 Å². The van der Waals surface area contributed by atoms with E-state index in [2.05, 4.69) is 20.6 Å². The van der Waals surface area contributed by atoms with Crippen LogP contribution in [0.3, 0.4) is 0 Å². The number of nitrogens with one attached hydrogen (secondary N) is 2. The number of para-hydroxylation sites is 1. The van der Waals surface area contributed by atoms with Crippen molar-refractivity contribution in [2.75, 3.05) is 30.0 Å². The summed E-state index contributed by atoms with van der Waals surface area (Å²) in [7, 11) is 0. The monoisotopic (exact) mass is 519 g/mol. The number of nitrogens with zero attached hydrogens (tertiary/aromatic N) is 3. The number of carbonyl (C=O) groups excluding carboxylic acids is 1. The van der Waals surface area contributed by atoms with E-state index in [1.165, 1.54) is 23.2 Å². The van der Waals surface area contributed by atoms with Crippen LogP contribution in [0.4, 0.5) is 26.1 Å². The van der Waals surface area contributed by atoms with Crippen LogP contribution in [-0.4, -0.2) is 35.7 Å². The Morgan fingerprint density at radius 2 is 1.77 bits per heavy atom. The van der Waals surface area contributed by atoms with Gasteiger partial charge >= 0.3 is 0 Å². The molecule has 1 aromatic heterocycles. The first-order chi connectivity index (χ1) is 16.8. The number of halogens is 4. The summed E-state index contributed by atoms with van der Waals surface area (Å²) in [5.41, 5.74) is 1.000. The number of rotatable bonds is 5. The molecule has 7 nitrogen and oxygen atoms in total. The highest BCUT2D eigenvalue weighted by molar-refractivity contribution is 6.40. The van der Waals surface area contributed by atoms with Gasteiger partial charge in [0.1, 0.15) is 5.56 Å². The number of piperidine rings is 1. The lowest BCUT2D eigenvalue weighted by Gasteiger charge is -2.30. The first kappa shape index (κ1) is 23.7. The Morgan fingerprint density at radius 3 is 2.46 bits per heavy atom. The summed E-state index contributed by atoms with van der Waals surface area (Å²) in [4.78, 5) is 22.8. The molecular formula is C24H21Cl2F2N5O2. The lowest BCUT2D eigenvalue weighted by molar-refractivity contribution is -0.0753. The van der Waals surface area contributed by atoms with Crippen molar-refractivity contribution in [3.63, 3.8) is 0 Å². The van der Waals surface area contributed by atoms with Crippen LogP contribution in [0.2, 0.25) is 10.0 Å². The molecule has 1 fully saturated rings. The molecule has 35 heavy (non-hydrogen) atoms.